The van der Waals surface area contributed by atoms with Crippen molar-refractivity contribution in [3.05, 3.63) is 34.8 Å². The van der Waals surface area contributed by atoms with Gasteiger partial charge in [0.2, 0.25) is 0 Å². The summed E-state index contributed by atoms with van der Waals surface area (Å²) in [6, 6.07) is 0. The van der Waals surface area contributed by atoms with Crippen molar-refractivity contribution in [2.45, 2.75) is 84.7 Å². The highest BCUT2D eigenvalue weighted by atomic mass is 32.2. The summed E-state index contributed by atoms with van der Waals surface area (Å²) in [4.78, 5) is 12.7. The van der Waals surface area contributed by atoms with Crippen LogP contribution in [0.5, 0.6) is 0 Å². The van der Waals surface area contributed by atoms with E-state index < -0.39 is 11.1 Å². The molecule has 0 saturated heterocycles. The first-order valence-electron chi connectivity index (χ1n) is 13.1. The van der Waals surface area contributed by atoms with Crippen LogP contribution < -0.4 is 0 Å². The van der Waals surface area contributed by atoms with Gasteiger partial charge in [0.15, 0.2) is 0 Å². The van der Waals surface area contributed by atoms with Gasteiger partial charge in [-0.2, -0.15) is 0 Å². The molecular formula is C28H44N3O2S-. The monoisotopic (exact) mass is 486 g/mol. The van der Waals surface area contributed by atoms with E-state index in [9.17, 15) is 8.76 Å². The van der Waals surface area contributed by atoms with E-state index in [1.54, 1.807) is 12.2 Å². The molecule has 1 fully saturated rings. The molecular weight excluding hydrogens is 442 g/mol. The van der Waals surface area contributed by atoms with Crippen molar-refractivity contribution in [2.24, 2.45) is 33.2 Å². The quantitative estimate of drug-likeness (QED) is 0.391. The van der Waals surface area contributed by atoms with E-state index in [1.807, 2.05) is 6.08 Å². The van der Waals surface area contributed by atoms with Gasteiger partial charge in [-0.1, -0.05) is 50.5 Å². The van der Waals surface area contributed by atoms with Crippen molar-refractivity contribution in [3.63, 3.8) is 0 Å². The third kappa shape index (κ3) is 8.10. The maximum absolute atomic E-state index is 11.5. The van der Waals surface area contributed by atoms with E-state index in [0.717, 1.165) is 51.0 Å². The fraction of sp³-hybridized carbons (Fsp3) is 0.714. The SMILES string of the molecule is CC1CCC(CC(C2=CC=C(S(=O)[O-])C=CC2)C2=NC(C)N=CC(C)(CCN(C)C)CCC2)C1. The van der Waals surface area contributed by atoms with Crippen LogP contribution in [-0.2, 0) is 11.1 Å². The average molecular weight is 487 g/mol. The molecule has 5 nitrogen and oxygen atoms in total. The van der Waals surface area contributed by atoms with Crippen LogP contribution >= 0.6 is 0 Å². The van der Waals surface area contributed by atoms with Crippen molar-refractivity contribution in [3.8, 4) is 0 Å². The molecule has 1 saturated carbocycles. The van der Waals surface area contributed by atoms with Gasteiger partial charge < -0.3 is 9.45 Å². The van der Waals surface area contributed by atoms with E-state index >= 15 is 0 Å². The Labute approximate surface area is 209 Å². The lowest BCUT2D eigenvalue weighted by molar-refractivity contribution is 0.310. The van der Waals surface area contributed by atoms with Crippen LogP contribution in [-0.4, -0.2) is 52.4 Å². The average Bonchev–Trinajstić information content (AvgIpc) is 3.06. The molecule has 2 aliphatic carbocycles. The first-order chi connectivity index (χ1) is 16.1. The predicted octanol–water partition coefficient (Wildman–Crippen LogP) is 6.08. The minimum Gasteiger partial charge on any atom is -0.768 e. The summed E-state index contributed by atoms with van der Waals surface area (Å²) < 4.78 is 23.1. The molecule has 0 spiro atoms. The van der Waals surface area contributed by atoms with Gasteiger partial charge in [0, 0.05) is 28.2 Å². The zero-order valence-corrected chi connectivity index (χ0v) is 22.7. The van der Waals surface area contributed by atoms with Crippen LogP contribution in [0, 0.1) is 23.2 Å². The zero-order valence-electron chi connectivity index (χ0n) is 21.8. The molecule has 0 amide bonds. The molecule has 6 unspecified atom stereocenters. The normalized spacial score (nSPS) is 32.2. The van der Waals surface area contributed by atoms with Gasteiger partial charge >= 0.3 is 0 Å². The standard InChI is InChI=1S/C28H45N3O2S/c1-21-11-12-23(18-21)19-26(24-8-6-9-25(14-13-24)34(32)33)27-10-7-15-28(3,16-17-31(4)5)20-29-22(2)30-27/h6,9,13-14,20-23,26H,7-8,10-12,15-19H2,1-5H3,(H,32,33)/p-1. The zero-order chi connectivity index (χ0) is 24.7. The van der Waals surface area contributed by atoms with Gasteiger partial charge in [0.05, 0.1) is 0 Å². The molecule has 0 bridgehead atoms. The van der Waals surface area contributed by atoms with Crippen molar-refractivity contribution >= 4 is 23.0 Å². The summed E-state index contributed by atoms with van der Waals surface area (Å²) in [5.74, 6) is 1.77. The van der Waals surface area contributed by atoms with Crippen molar-refractivity contribution in [2.75, 3.05) is 20.6 Å². The maximum atomic E-state index is 11.5. The summed E-state index contributed by atoms with van der Waals surface area (Å²) in [6.45, 7) is 7.86. The second-order valence-corrected chi connectivity index (χ2v) is 12.3. The summed E-state index contributed by atoms with van der Waals surface area (Å²) in [5.41, 5.74) is 2.65. The van der Waals surface area contributed by atoms with Crippen LogP contribution in [0.3, 0.4) is 0 Å². The molecule has 0 aromatic rings. The first kappa shape index (κ1) is 27.2. The summed E-state index contributed by atoms with van der Waals surface area (Å²) in [6.07, 6.45) is 19.7. The van der Waals surface area contributed by atoms with E-state index in [-0.39, 0.29) is 17.5 Å². The van der Waals surface area contributed by atoms with Gasteiger partial charge in [-0.3, -0.25) is 14.2 Å². The highest BCUT2D eigenvalue weighted by Crippen LogP contribution is 2.39. The third-order valence-electron chi connectivity index (χ3n) is 7.78. The molecule has 6 atom stereocenters. The molecule has 6 heteroatoms. The summed E-state index contributed by atoms with van der Waals surface area (Å²) in [7, 11) is 4.26. The number of allylic oxidation sites excluding steroid dienone is 5. The molecule has 0 N–H and O–H groups in total. The van der Waals surface area contributed by atoms with Crippen LogP contribution in [0.1, 0.15) is 78.6 Å². The Morgan fingerprint density at radius 3 is 2.74 bits per heavy atom. The highest BCUT2D eigenvalue weighted by molar-refractivity contribution is 7.83. The number of rotatable bonds is 8. The lowest BCUT2D eigenvalue weighted by Crippen LogP contribution is -2.26. The van der Waals surface area contributed by atoms with Gasteiger partial charge in [0.25, 0.3) is 0 Å². The lowest BCUT2D eigenvalue weighted by Gasteiger charge is -2.28. The fourth-order valence-corrected chi connectivity index (χ4v) is 6.05. The van der Waals surface area contributed by atoms with Crippen molar-refractivity contribution < 1.29 is 8.76 Å². The van der Waals surface area contributed by atoms with Crippen molar-refractivity contribution in [1.82, 2.24) is 4.90 Å². The van der Waals surface area contributed by atoms with Crippen LogP contribution in [0.4, 0.5) is 0 Å². The first-order valence-corrected chi connectivity index (χ1v) is 14.1. The third-order valence-corrected chi connectivity index (χ3v) is 8.43. The Bertz CT molecular complexity index is 873. The van der Waals surface area contributed by atoms with Crippen molar-refractivity contribution in [1.29, 1.82) is 0 Å². The molecule has 190 valence electrons. The van der Waals surface area contributed by atoms with Crippen LogP contribution in [0.15, 0.2) is 44.8 Å². The van der Waals surface area contributed by atoms with Gasteiger partial charge in [-0.25, -0.2) is 0 Å². The van der Waals surface area contributed by atoms with Gasteiger partial charge in [-0.05, 0) is 102 Å². The van der Waals surface area contributed by atoms with E-state index in [1.165, 1.54) is 30.5 Å². The second-order valence-electron chi connectivity index (χ2n) is 11.3. The number of hydrogen-bond acceptors (Lipinski definition) is 5. The van der Waals surface area contributed by atoms with E-state index in [0.29, 0.717) is 10.8 Å². The Morgan fingerprint density at radius 2 is 2.06 bits per heavy atom. The molecule has 1 aliphatic heterocycles. The molecule has 0 aromatic carbocycles. The molecule has 34 heavy (non-hydrogen) atoms. The second kappa shape index (κ2) is 12.5. The Kier molecular flexibility index (Phi) is 10.0. The highest BCUT2D eigenvalue weighted by Gasteiger charge is 2.30. The lowest BCUT2D eigenvalue weighted by atomic mass is 9.79. The van der Waals surface area contributed by atoms with Gasteiger partial charge in [0.1, 0.15) is 6.17 Å². The molecule has 0 aromatic heterocycles. The number of hydrogen-bond donors (Lipinski definition) is 0. The van der Waals surface area contributed by atoms with E-state index in [2.05, 4.69) is 52.1 Å². The van der Waals surface area contributed by atoms with Crippen LogP contribution in [0.25, 0.3) is 0 Å². The minimum atomic E-state index is -2.21. The summed E-state index contributed by atoms with van der Waals surface area (Å²) in [5, 5.41) is 0. The molecule has 1 heterocycles. The Morgan fingerprint density at radius 1 is 1.26 bits per heavy atom. The van der Waals surface area contributed by atoms with E-state index in [4.69, 9.17) is 9.98 Å². The predicted molar refractivity (Wildman–Crippen MR) is 144 cm³/mol. The largest absolute Gasteiger partial charge is 0.768 e. The Balaban J connectivity index is 1.85. The fourth-order valence-electron chi connectivity index (χ4n) is 5.66. The molecule has 3 rings (SSSR count). The maximum Gasteiger partial charge on any atom is 0.136 e. The molecule has 0 radical (unpaired) electrons. The summed E-state index contributed by atoms with van der Waals surface area (Å²) >= 11 is -2.21. The smallest absolute Gasteiger partial charge is 0.136 e. The van der Waals surface area contributed by atoms with Crippen LogP contribution in [0.2, 0.25) is 0 Å². The minimum absolute atomic E-state index is 0.0843. The van der Waals surface area contributed by atoms with Gasteiger partial charge in [-0.15, -0.1) is 0 Å². The number of aliphatic imine (C=N–C) groups is 2. The Hall–Kier alpha value is -1.37. The number of nitrogens with zero attached hydrogens (tertiary/aromatic N) is 3. The molecule has 3 aliphatic rings. The topological polar surface area (TPSA) is 68.1 Å².